The van der Waals surface area contributed by atoms with E-state index in [0.717, 1.165) is 23.7 Å². The van der Waals surface area contributed by atoms with Crippen molar-refractivity contribution in [1.82, 2.24) is 0 Å². The van der Waals surface area contributed by atoms with E-state index in [9.17, 15) is 9.90 Å². The molecule has 54 valence electrons. The zero-order chi connectivity index (χ0) is 7.11. The first-order valence-electron chi connectivity index (χ1n) is 3.03. The first-order chi connectivity index (χ1) is 4.27. The number of hydrogen-bond acceptors (Lipinski definition) is 2. The minimum Gasteiger partial charge on any atom is -0.550 e. The van der Waals surface area contributed by atoms with Crippen LogP contribution in [0.25, 0.3) is 0 Å². The van der Waals surface area contributed by atoms with Crippen LogP contribution in [0.4, 0.5) is 0 Å². The second-order valence-corrected chi connectivity index (χ2v) is 2.95. The van der Waals surface area contributed by atoms with Gasteiger partial charge in [0.15, 0.2) is 0 Å². The molecule has 0 fully saturated rings. The van der Waals surface area contributed by atoms with Crippen molar-refractivity contribution in [2.75, 3.05) is 4.43 Å². The van der Waals surface area contributed by atoms with Gasteiger partial charge in [-0.05, 0) is 23.7 Å². The third kappa shape index (κ3) is 11.9. The molecule has 2 nitrogen and oxygen atoms in total. The minimum atomic E-state index is -0.927. The zero-order valence-electron chi connectivity index (χ0n) is 6.23. The number of carboxylic acids is 1. The summed E-state index contributed by atoms with van der Waals surface area (Å²) < 4.78 is 1.12. The molecule has 0 aliphatic carbocycles. The summed E-state index contributed by atoms with van der Waals surface area (Å²) in [7, 11) is 0. The summed E-state index contributed by atoms with van der Waals surface area (Å²) in [5, 5.41) is 9.85. The number of carbonyl (C=O) groups excluding carboxylic acids is 1. The van der Waals surface area contributed by atoms with Crippen LogP contribution in [-0.4, -0.2) is 10.4 Å². The van der Waals surface area contributed by atoms with E-state index in [1.165, 1.54) is 0 Å². The van der Waals surface area contributed by atoms with E-state index in [1.54, 1.807) is 0 Å². The molecule has 0 amide bonds. The van der Waals surface area contributed by atoms with Crippen molar-refractivity contribution in [1.29, 1.82) is 0 Å². The van der Waals surface area contributed by atoms with Gasteiger partial charge in [0, 0.05) is 5.97 Å². The van der Waals surface area contributed by atoms with Gasteiger partial charge in [-0.3, -0.25) is 0 Å². The molecule has 10 heavy (non-hydrogen) atoms. The van der Waals surface area contributed by atoms with Crippen molar-refractivity contribution in [3.05, 3.63) is 0 Å². The van der Waals surface area contributed by atoms with Gasteiger partial charge in [-0.1, -0.05) is 29.0 Å². The smallest absolute Gasteiger partial charge is 0.550 e. The first-order valence-corrected chi connectivity index (χ1v) is 4.55. The molecule has 0 aliphatic rings. The molecule has 0 aliphatic heterocycles. The van der Waals surface area contributed by atoms with E-state index >= 15 is 0 Å². The maximum atomic E-state index is 9.85. The van der Waals surface area contributed by atoms with Crippen molar-refractivity contribution >= 4 is 28.6 Å². The molecule has 0 aromatic heterocycles. The van der Waals surface area contributed by atoms with Crippen molar-refractivity contribution in [2.45, 2.75) is 25.7 Å². The SMILES string of the molecule is O=C([O-])CCCCCI.[Na+]. The van der Waals surface area contributed by atoms with Crippen LogP contribution in [0.3, 0.4) is 0 Å². The zero-order valence-corrected chi connectivity index (χ0v) is 10.4. The number of carboxylic acid groups (broad SMARTS) is 1. The van der Waals surface area contributed by atoms with Crippen molar-refractivity contribution in [3.63, 3.8) is 0 Å². The summed E-state index contributed by atoms with van der Waals surface area (Å²) in [6.45, 7) is 0. The predicted octanol–water partition coefficient (Wildman–Crippen LogP) is -2.26. The average Bonchev–Trinajstić information content (AvgIpc) is 1.80. The van der Waals surface area contributed by atoms with E-state index in [-0.39, 0.29) is 36.0 Å². The van der Waals surface area contributed by atoms with Crippen LogP contribution < -0.4 is 34.7 Å². The van der Waals surface area contributed by atoms with Crippen LogP contribution in [0.1, 0.15) is 25.7 Å². The van der Waals surface area contributed by atoms with Crippen LogP contribution in [0, 0.1) is 0 Å². The number of hydrogen-bond donors (Lipinski definition) is 0. The van der Waals surface area contributed by atoms with E-state index in [0.29, 0.717) is 0 Å². The van der Waals surface area contributed by atoms with Crippen molar-refractivity contribution in [3.8, 4) is 0 Å². The Morgan fingerprint density at radius 3 is 2.30 bits per heavy atom. The Labute approximate surface area is 97.2 Å². The Balaban J connectivity index is 0. The number of unbranched alkanes of at least 4 members (excludes halogenated alkanes) is 2. The number of rotatable bonds is 5. The summed E-state index contributed by atoms with van der Waals surface area (Å²) in [5.74, 6) is -0.927. The standard InChI is InChI=1S/C6H11IO2.Na/c7-5-3-1-2-4-6(8)9;/h1-5H2,(H,8,9);/q;+1/p-1. The maximum absolute atomic E-state index is 9.85. The fourth-order valence-electron chi connectivity index (χ4n) is 0.541. The Morgan fingerprint density at radius 2 is 1.90 bits per heavy atom. The molecule has 0 unspecified atom stereocenters. The fraction of sp³-hybridized carbons (Fsp3) is 0.833. The van der Waals surface area contributed by atoms with Crippen LogP contribution in [0.5, 0.6) is 0 Å². The predicted molar refractivity (Wildman–Crippen MR) is 42.4 cm³/mol. The van der Waals surface area contributed by atoms with Gasteiger partial charge in [0.05, 0.1) is 0 Å². The maximum Gasteiger partial charge on any atom is 1.00 e. The van der Waals surface area contributed by atoms with Gasteiger partial charge in [0.1, 0.15) is 0 Å². The van der Waals surface area contributed by atoms with E-state index < -0.39 is 5.97 Å². The van der Waals surface area contributed by atoms with E-state index in [4.69, 9.17) is 0 Å². The molecule has 0 heterocycles. The quantitative estimate of drug-likeness (QED) is 0.243. The molecule has 0 atom stereocenters. The van der Waals surface area contributed by atoms with Gasteiger partial charge in [-0.25, -0.2) is 0 Å². The first kappa shape index (κ1) is 13.8. The Kier molecular flexibility index (Phi) is 14.0. The van der Waals surface area contributed by atoms with Gasteiger partial charge in [0.25, 0.3) is 0 Å². The molecule has 0 saturated heterocycles. The molecule has 0 aromatic rings. The van der Waals surface area contributed by atoms with Crippen molar-refractivity contribution in [2.24, 2.45) is 0 Å². The van der Waals surface area contributed by atoms with Crippen LogP contribution in [0.15, 0.2) is 0 Å². The normalized spacial score (nSPS) is 8.50. The van der Waals surface area contributed by atoms with E-state index in [1.807, 2.05) is 0 Å². The Bertz CT molecular complexity index is 87.8. The summed E-state index contributed by atoms with van der Waals surface area (Å²) in [6.07, 6.45) is 3.12. The molecule has 0 N–H and O–H groups in total. The third-order valence-electron chi connectivity index (χ3n) is 1.01. The molecule has 4 heteroatoms. The topological polar surface area (TPSA) is 40.1 Å². The summed E-state index contributed by atoms with van der Waals surface area (Å²) in [6, 6.07) is 0. The van der Waals surface area contributed by atoms with Crippen LogP contribution in [-0.2, 0) is 4.79 Å². The molecule has 0 saturated carbocycles. The number of halogens is 1. The van der Waals surface area contributed by atoms with Gasteiger partial charge >= 0.3 is 29.6 Å². The Hall–Kier alpha value is 1.20. The molecular weight excluding hydrogens is 254 g/mol. The second-order valence-electron chi connectivity index (χ2n) is 1.87. The monoisotopic (exact) mass is 264 g/mol. The summed E-state index contributed by atoms with van der Waals surface area (Å²) in [4.78, 5) is 9.85. The van der Waals surface area contributed by atoms with Crippen LogP contribution >= 0.6 is 22.6 Å². The average molecular weight is 264 g/mol. The summed E-state index contributed by atoms with van der Waals surface area (Å²) >= 11 is 2.28. The number of carbonyl (C=O) groups is 1. The largest absolute Gasteiger partial charge is 1.00 e. The van der Waals surface area contributed by atoms with Crippen molar-refractivity contribution < 1.29 is 39.5 Å². The number of aliphatic carboxylic acids is 1. The molecule has 0 rings (SSSR count). The van der Waals surface area contributed by atoms with Gasteiger partial charge in [-0.15, -0.1) is 0 Å². The molecule has 0 aromatic carbocycles. The van der Waals surface area contributed by atoms with Gasteiger partial charge < -0.3 is 9.90 Å². The molecule has 0 spiro atoms. The molecule has 0 bridgehead atoms. The minimum absolute atomic E-state index is 0. The van der Waals surface area contributed by atoms with Gasteiger partial charge in [-0.2, -0.15) is 0 Å². The van der Waals surface area contributed by atoms with Crippen LogP contribution in [0.2, 0.25) is 0 Å². The van der Waals surface area contributed by atoms with Gasteiger partial charge in [0.2, 0.25) is 0 Å². The third-order valence-corrected chi connectivity index (χ3v) is 1.78. The summed E-state index contributed by atoms with van der Waals surface area (Å²) in [5.41, 5.74) is 0. The fourth-order valence-corrected chi connectivity index (χ4v) is 1.08. The second kappa shape index (κ2) is 10.2. The molecule has 0 radical (unpaired) electrons. The Morgan fingerprint density at radius 1 is 1.30 bits per heavy atom. The van der Waals surface area contributed by atoms with E-state index in [2.05, 4.69) is 22.6 Å². The molecular formula is C6H10INaO2. The number of alkyl halides is 1.